The Labute approximate surface area is 220 Å². The van der Waals surface area contributed by atoms with Crippen LogP contribution >= 0.6 is 11.3 Å². The van der Waals surface area contributed by atoms with Crippen LogP contribution in [0.15, 0.2) is 48.0 Å². The Morgan fingerprint density at radius 2 is 1.84 bits per heavy atom. The van der Waals surface area contributed by atoms with E-state index in [2.05, 4.69) is 16.8 Å². The highest BCUT2D eigenvalue weighted by Gasteiger charge is 2.21. The van der Waals surface area contributed by atoms with Crippen molar-refractivity contribution in [2.45, 2.75) is 40.7 Å². The first kappa shape index (κ1) is 27.4. The summed E-state index contributed by atoms with van der Waals surface area (Å²) in [7, 11) is 0. The van der Waals surface area contributed by atoms with Crippen molar-refractivity contribution in [2.24, 2.45) is 0 Å². The van der Waals surface area contributed by atoms with E-state index in [1.165, 1.54) is 17.4 Å². The van der Waals surface area contributed by atoms with Gasteiger partial charge in [-0.25, -0.2) is 9.59 Å². The summed E-state index contributed by atoms with van der Waals surface area (Å²) in [6, 6.07) is 14.8. The molecule has 0 fully saturated rings. The van der Waals surface area contributed by atoms with Gasteiger partial charge in [-0.15, -0.1) is 11.3 Å². The van der Waals surface area contributed by atoms with Crippen molar-refractivity contribution in [3.05, 3.63) is 70.6 Å². The van der Waals surface area contributed by atoms with E-state index < -0.39 is 24.5 Å². The minimum atomic E-state index is -0.903. The van der Waals surface area contributed by atoms with E-state index in [4.69, 9.17) is 9.47 Å². The van der Waals surface area contributed by atoms with Crippen LogP contribution in [-0.4, -0.2) is 35.6 Å². The van der Waals surface area contributed by atoms with Gasteiger partial charge in [0.15, 0.2) is 6.61 Å². The zero-order valence-electron chi connectivity index (χ0n) is 21.3. The number of nitrogens with one attached hydrogen (secondary N) is 1. The minimum Gasteiger partial charge on any atom is -0.462 e. The summed E-state index contributed by atoms with van der Waals surface area (Å²) in [5.41, 5.74) is 3.60. The zero-order valence-corrected chi connectivity index (χ0v) is 22.1. The van der Waals surface area contributed by atoms with Crippen molar-refractivity contribution in [3.8, 4) is 16.5 Å². The fraction of sp³-hybridized carbons (Fsp3) is 0.286. The van der Waals surface area contributed by atoms with Gasteiger partial charge in [-0.2, -0.15) is 5.26 Å². The third-order valence-corrected chi connectivity index (χ3v) is 6.67. The maximum Gasteiger partial charge on any atom is 0.349 e. The lowest BCUT2D eigenvalue weighted by Gasteiger charge is -2.08. The van der Waals surface area contributed by atoms with Gasteiger partial charge in [-0.1, -0.05) is 37.3 Å². The van der Waals surface area contributed by atoms with E-state index in [9.17, 15) is 19.6 Å². The number of nitriles is 1. The lowest BCUT2D eigenvalue weighted by atomic mass is 10.1. The number of benzene rings is 1. The second-order valence-corrected chi connectivity index (χ2v) is 9.26. The Morgan fingerprint density at radius 1 is 1.11 bits per heavy atom. The molecule has 0 bridgehead atoms. The number of thiophene rings is 1. The van der Waals surface area contributed by atoms with Crippen LogP contribution in [0.1, 0.15) is 47.6 Å². The van der Waals surface area contributed by atoms with Gasteiger partial charge in [0.05, 0.1) is 12.2 Å². The summed E-state index contributed by atoms with van der Waals surface area (Å²) in [5, 5.41) is 12.4. The maximum absolute atomic E-state index is 12.6. The van der Waals surface area contributed by atoms with Crippen molar-refractivity contribution in [2.75, 3.05) is 18.5 Å². The molecule has 0 aliphatic heterocycles. The SMILES string of the molecule is CCCn1c(C)cc(C=C(C#N)C(=O)OCC(=O)Nc2sc(-c3ccccc3)cc2C(=O)OCC)c1C. The Morgan fingerprint density at radius 3 is 2.49 bits per heavy atom. The number of nitrogens with zero attached hydrogens (tertiary/aromatic N) is 2. The Hall–Kier alpha value is -4.16. The Bertz CT molecular complexity index is 1360. The molecular weight excluding hydrogens is 490 g/mol. The zero-order chi connectivity index (χ0) is 26.9. The van der Waals surface area contributed by atoms with E-state index in [1.807, 2.05) is 56.3 Å². The number of hydrogen-bond donors (Lipinski definition) is 1. The van der Waals surface area contributed by atoms with E-state index in [0.29, 0.717) is 0 Å². The summed E-state index contributed by atoms with van der Waals surface area (Å²) in [5.74, 6) is -2.11. The maximum atomic E-state index is 12.6. The summed E-state index contributed by atoms with van der Waals surface area (Å²) in [4.78, 5) is 38.4. The van der Waals surface area contributed by atoms with Crippen LogP contribution in [0.5, 0.6) is 0 Å². The summed E-state index contributed by atoms with van der Waals surface area (Å²) < 4.78 is 12.3. The van der Waals surface area contributed by atoms with Crippen LogP contribution in [0.4, 0.5) is 5.00 Å². The van der Waals surface area contributed by atoms with E-state index in [1.54, 1.807) is 13.0 Å². The smallest absolute Gasteiger partial charge is 0.349 e. The molecule has 192 valence electrons. The molecule has 1 amide bonds. The number of hydrogen-bond acceptors (Lipinski definition) is 7. The third kappa shape index (κ3) is 6.74. The Balaban J connectivity index is 1.72. The molecule has 3 rings (SSSR count). The number of rotatable bonds is 10. The first-order valence-electron chi connectivity index (χ1n) is 11.9. The minimum absolute atomic E-state index is 0.185. The molecule has 3 aromatic rings. The number of aryl methyl sites for hydroxylation is 1. The quantitative estimate of drug-likeness (QED) is 0.215. The molecule has 2 aromatic heterocycles. The van der Waals surface area contributed by atoms with Gasteiger partial charge < -0.3 is 19.4 Å². The molecule has 1 aromatic carbocycles. The van der Waals surface area contributed by atoms with Gasteiger partial charge in [0.1, 0.15) is 16.6 Å². The van der Waals surface area contributed by atoms with Crippen LogP contribution < -0.4 is 5.32 Å². The molecule has 0 radical (unpaired) electrons. The molecule has 0 aliphatic carbocycles. The molecule has 1 N–H and O–H groups in total. The molecule has 37 heavy (non-hydrogen) atoms. The van der Waals surface area contributed by atoms with Crippen molar-refractivity contribution in [1.29, 1.82) is 5.26 Å². The molecule has 0 aliphatic rings. The summed E-state index contributed by atoms with van der Waals surface area (Å²) in [6.07, 6.45) is 2.43. The third-order valence-electron chi connectivity index (χ3n) is 5.57. The van der Waals surface area contributed by atoms with Crippen LogP contribution in [0.25, 0.3) is 16.5 Å². The molecule has 0 saturated carbocycles. The van der Waals surface area contributed by atoms with Crippen molar-refractivity contribution >= 4 is 40.3 Å². The molecule has 9 heteroatoms. The molecule has 0 spiro atoms. The topological polar surface area (TPSA) is 110 Å². The first-order valence-corrected chi connectivity index (χ1v) is 12.7. The highest BCUT2D eigenvalue weighted by molar-refractivity contribution is 7.20. The highest BCUT2D eigenvalue weighted by atomic mass is 32.1. The number of carbonyl (C=O) groups excluding carboxylic acids is 3. The standard InChI is InChI=1S/C28H29N3O5S/c1-5-12-31-18(3)13-21(19(31)4)14-22(16-29)27(33)36-17-25(32)30-26-23(28(34)35-6-2)15-24(37-26)20-10-8-7-9-11-20/h7-11,13-15H,5-6,12,17H2,1-4H3,(H,30,32). The van der Waals surface area contributed by atoms with Crippen LogP contribution in [0.2, 0.25) is 0 Å². The largest absolute Gasteiger partial charge is 0.462 e. The van der Waals surface area contributed by atoms with E-state index >= 15 is 0 Å². The first-order chi connectivity index (χ1) is 17.8. The van der Waals surface area contributed by atoms with Crippen molar-refractivity contribution < 1.29 is 23.9 Å². The van der Waals surface area contributed by atoms with E-state index in [0.717, 1.165) is 40.4 Å². The van der Waals surface area contributed by atoms with Crippen LogP contribution in [0.3, 0.4) is 0 Å². The van der Waals surface area contributed by atoms with Gasteiger partial charge >= 0.3 is 11.9 Å². The number of aromatic nitrogens is 1. The summed E-state index contributed by atoms with van der Waals surface area (Å²) >= 11 is 1.21. The predicted octanol–water partition coefficient (Wildman–Crippen LogP) is 5.51. The Kier molecular flexibility index (Phi) is 9.41. The number of ether oxygens (including phenoxy) is 2. The second-order valence-electron chi connectivity index (χ2n) is 8.21. The average Bonchev–Trinajstić information content (AvgIpc) is 3.43. The molecule has 0 saturated heterocycles. The molecule has 8 nitrogen and oxygen atoms in total. The number of amides is 1. The normalized spacial score (nSPS) is 11.1. The van der Waals surface area contributed by atoms with Gasteiger partial charge in [-0.3, -0.25) is 4.79 Å². The number of anilines is 1. The highest BCUT2D eigenvalue weighted by Crippen LogP contribution is 2.36. The lowest BCUT2D eigenvalue weighted by molar-refractivity contribution is -0.142. The lowest BCUT2D eigenvalue weighted by Crippen LogP contribution is -2.22. The predicted molar refractivity (Wildman–Crippen MR) is 143 cm³/mol. The monoisotopic (exact) mass is 519 g/mol. The fourth-order valence-corrected chi connectivity index (χ4v) is 4.86. The van der Waals surface area contributed by atoms with Gasteiger partial charge in [0.2, 0.25) is 0 Å². The summed E-state index contributed by atoms with van der Waals surface area (Å²) in [6.45, 7) is 8.06. The number of esters is 2. The van der Waals surface area contributed by atoms with Gasteiger partial charge in [0, 0.05) is 22.8 Å². The van der Waals surface area contributed by atoms with Crippen LogP contribution in [-0.2, 0) is 25.6 Å². The van der Waals surface area contributed by atoms with E-state index in [-0.39, 0.29) is 22.7 Å². The van der Waals surface area contributed by atoms with Gasteiger partial charge in [-0.05, 0) is 56.5 Å². The fourth-order valence-electron chi connectivity index (χ4n) is 3.79. The van der Waals surface area contributed by atoms with Crippen molar-refractivity contribution in [1.82, 2.24) is 4.57 Å². The molecule has 0 unspecified atom stereocenters. The molecule has 0 atom stereocenters. The van der Waals surface area contributed by atoms with Crippen LogP contribution in [0, 0.1) is 25.2 Å². The van der Waals surface area contributed by atoms with Crippen molar-refractivity contribution in [3.63, 3.8) is 0 Å². The molecule has 2 heterocycles. The van der Waals surface area contributed by atoms with Gasteiger partial charge in [0.25, 0.3) is 5.91 Å². The second kappa shape index (κ2) is 12.7. The molecular formula is C28H29N3O5S. The number of carbonyl (C=O) groups is 3. The average molecular weight is 520 g/mol.